The first-order valence-electron chi connectivity index (χ1n) is 8.23. The molecule has 0 bridgehead atoms. The summed E-state index contributed by atoms with van der Waals surface area (Å²) in [4.78, 5) is 34.9. The Morgan fingerprint density at radius 3 is 2.48 bits per heavy atom. The number of nitrogens with one attached hydrogen (secondary N) is 1. The monoisotopic (exact) mass is 348 g/mol. The summed E-state index contributed by atoms with van der Waals surface area (Å²) in [6.45, 7) is 9.72. The summed E-state index contributed by atoms with van der Waals surface area (Å²) >= 11 is 0. The molecule has 138 valence electrons. The summed E-state index contributed by atoms with van der Waals surface area (Å²) in [5.41, 5.74) is 0.740. The normalized spacial score (nSPS) is 12.8. The summed E-state index contributed by atoms with van der Waals surface area (Å²) in [6.07, 6.45) is 4.98. The van der Waals surface area contributed by atoms with Gasteiger partial charge in [0.2, 0.25) is 5.95 Å². The second kappa shape index (κ2) is 8.60. The van der Waals surface area contributed by atoms with E-state index in [0.717, 1.165) is 0 Å². The molecule has 1 N–H and O–H groups in total. The number of nitrogens with zero attached hydrogens (tertiary/aromatic N) is 3. The zero-order valence-electron chi connectivity index (χ0n) is 16.1. The van der Waals surface area contributed by atoms with Gasteiger partial charge in [0.25, 0.3) is 5.91 Å². The van der Waals surface area contributed by atoms with Crippen molar-refractivity contribution >= 4 is 17.8 Å². The van der Waals surface area contributed by atoms with E-state index in [-0.39, 0.29) is 12.0 Å². The molecule has 0 fully saturated rings. The van der Waals surface area contributed by atoms with Gasteiger partial charge < -0.3 is 15.0 Å². The first-order valence-corrected chi connectivity index (χ1v) is 8.23. The van der Waals surface area contributed by atoms with Crippen molar-refractivity contribution in [2.75, 3.05) is 25.6 Å². The lowest BCUT2D eigenvalue weighted by Gasteiger charge is -2.18. The minimum absolute atomic E-state index is 0.123. The SMILES string of the molecule is CCOC(=O)C(C=CC(C)(C)C)NC(=O)c1cnc(N(C)C)nc1C. The molecular formula is C18H28N4O3. The van der Waals surface area contributed by atoms with Gasteiger partial charge in [-0.05, 0) is 19.3 Å². The highest BCUT2D eigenvalue weighted by atomic mass is 16.5. The van der Waals surface area contributed by atoms with Crippen molar-refractivity contribution in [3.63, 3.8) is 0 Å². The molecule has 1 amide bonds. The van der Waals surface area contributed by atoms with Crippen molar-refractivity contribution in [2.24, 2.45) is 5.41 Å². The van der Waals surface area contributed by atoms with Crippen molar-refractivity contribution in [3.05, 3.63) is 29.6 Å². The summed E-state index contributed by atoms with van der Waals surface area (Å²) < 4.78 is 5.04. The maximum Gasteiger partial charge on any atom is 0.332 e. The highest BCUT2D eigenvalue weighted by Gasteiger charge is 2.22. The molecule has 0 saturated carbocycles. The zero-order chi connectivity index (χ0) is 19.2. The Balaban J connectivity index is 3.01. The number of amides is 1. The van der Waals surface area contributed by atoms with E-state index in [0.29, 0.717) is 17.2 Å². The summed E-state index contributed by atoms with van der Waals surface area (Å²) in [6, 6.07) is -0.861. The van der Waals surface area contributed by atoms with Gasteiger partial charge in [-0.15, -0.1) is 0 Å². The van der Waals surface area contributed by atoms with Gasteiger partial charge in [0, 0.05) is 20.3 Å². The molecule has 0 spiro atoms. The topological polar surface area (TPSA) is 84.4 Å². The fourth-order valence-electron chi connectivity index (χ4n) is 1.91. The molecule has 1 atom stereocenters. The highest BCUT2D eigenvalue weighted by molar-refractivity contribution is 5.98. The Labute approximate surface area is 149 Å². The van der Waals surface area contributed by atoms with Gasteiger partial charge in [-0.2, -0.15) is 0 Å². The van der Waals surface area contributed by atoms with E-state index < -0.39 is 17.9 Å². The van der Waals surface area contributed by atoms with E-state index in [1.807, 2.05) is 40.9 Å². The van der Waals surface area contributed by atoms with Crippen molar-refractivity contribution < 1.29 is 14.3 Å². The number of carbonyl (C=O) groups is 2. The van der Waals surface area contributed by atoms with Crippen LogP contribution in [0.25, 0.3) is 0 Å². The van der Waals surface area contributed by atoms with Gasteiger partial charge in [0.1, 0.15) is 6.04 Å². The molecule has 1 unspecified atom stereocenters. The molecule has 1 aromatic rings. The van der Waals surface area contributed by atoms with E-state index in [4.69, 9.17) is 4.74 Å². The molecule has 0 aliphatic rings. The van der Waals surface area contributed by atoms with Gasteiger partial charge in [0.15, 0.2) is 0 Å². The second-order valence-electron chi connectivity index (χ2n) is 6.99. The van der Waals surface area contributed by atoms with Gasteiger partial charge in [-0.3, -0.25) is 4.79 Å². The number of carbonyl (C=O) groups excluding carboxylic acids is 2. The number of aryl methyl sites for hydroxylation is 1. The molecule has 7 nitrogen and oxygen atoms in total. The second-order valence-corrected chi connectivity index (χ2v) is 6.99. The fourth-order valence-corrected chi connectivity index (χ4v) is 1.91. The average Bonchev–Trinajstić information content (AvgIpc) is 2.50. The summed E-state index contributed by atoms with van der Waals surface area (Å²) in [5, 5.41) is 2.69. The van der Waals surface area contributed by atoms with Crippen LogP contribution in [0.2, 0.25) is 0 Å². The molecule has 0 radical (unpaired) electrons. The molecule has 7 heteroatoms. The highest BCUT2D eigenvalue weighted by Crippen LogP contribution is 2.15. The molecule has 0 aliphatic heterocycles. The van der Waals surface area contributed by atoms with E-state index >= 15 is 0 Å². The molecule has 0 aromatic carbocycles. The number of allylic oxidation sites excluding steroid dienone is 1. The number of hydrogen-bond donors (Lipinski definition) is 1. The minimum Gasteiger partial charge on any atom is -0.464 e. The van der Waals surface area contributed by atoms with Crippen LogP contribution in [0.15, 0.2) is 18.3 Å². The van der Waals surface area contributed by atoms with Crippen molar-refractivity contribution in [1.29, 1.82) is 0 Å². The number of ether oxygens (including phenoxy) is 1. The molecular weight excluding hydrogens is 320 g/mol. The van der Waals surface area contributed by atoms with E-state index in [1.165, 1.54) is 6.20 Å². The Bertz CT molecular complexity index is 648. The number of anilines is 1. The van der Waals surface area contributed by atoms with Crippen LogP contribution >= 0.6 is 0 Å². The lowest BCUT2D eigenvalue weighted by molar-refractivity contribution is -0.144. The van der Waals surface area contributed by atoms with Crippen LogP contribution in [0.3, 0.4) is 0 Å². The predicted octanol–water partition coefficient (Wildman–Crippen LogP) is 2.11. The van der Waals surface area contributed by atoms with Gasteiger partial charge in [-0.25, -0.2) is 14.8 Å². The quantitative estimate of drug-likeness (QED) is 0.626. The number of esters is 1. The van der Waals surface area contributed by atoms with E-state index in [2.05, 4.69) is 15.3 Å². The lowest BCUT2D eigenvalue weighted by atomic mass is 9.95. The average molecular weight is 348 g/mol. The van der Waals surface area contributed by atoms with Crippen molar-refractivity contribution in [2.45, 2.75) is 40.7 Å². The molecule has 1 heterocycles. The Morgan fingerprint density at radius 1 is 1.36 bits per heavy atom. The van der Waals surface area contributed by atoms with Crippen LogP contribution < -0.4 is 10.2 Å². The Morgan fingerprint density at radius 2 is 2.00 bits per heavy atom. The molecule has 1 rings (SSSR count). The Hall–Kier alpha value is -2.44. The largest absolute Gasteiger partial charge is 0.464 e. The van der Waals surface area contributed by atoms with Gasteiger partial charge >= 0.3 is 5.97 Å². The van der Waals surface area contributed by atoms with E-state index in [1.54, 1.807) is 24.8 Å². The van der Waals surface area contributed by atoms with Gasteiger partial charge in [-0.1, -0.05) is 32.9 Å². The maximum atomic E-state index is 12.5. The third-order valence-electron chi connectivity index (χ3n) is 3.23. The van der Waals surface area contributed by atoms with Crippen LogP contribution in [-0.4, -0.2) is 48.6 Å². The third kappa shape index (κ3) is 6.52. The van der Waals surface area contributed by atoms with Crippen molar-refractivity contribution in [3.8, 4) is 0 Å². The maximum absolute atomic E-state index is 12.5. The number of hydrogen-bond acceptors (Lipinski definition) is 6. The summed E-state index contributed by atoms with van der Waals surface area (Å²) in [7, 11) is 3.64. The lowest BCUT2D eigenvalue weighted by Crippen LogP contribution is -2.41. The van der Waals surface area contributed by atoms with Crippen LogP contribution in [-0.2, 0) is 9.53 Å². The number of aromatic nitrogens is 2. The third-order valence-corrected chi connectivity index (χ3v) is 3.23. The first kappa shape index (κ1) is 20.6. The van der Waals surface area contributed by atoms with Crippen LogP contribution in [0.5, 0.6) is 0 Å². The van der Waals surface area contributed by atoms with Crippen LogP contribution in [0.1, 0.15) is 43.7 Å². The molecule has 0 aliphatic carbocycles. The van der Waals surface area contributed by atoms with Crippen LogP contribution in [0.4, 0.5) is 5.95 Å². The Kier molecular flexibility index (Phi) is 7.09. The zero-order valence-corrected chi connectivity index (χ0v) is 16.1. The number of rotatable bonds is 6. The minimum atomic E-state index is -0.861. The van der Waals surface area contributed by atoms with Crippen molar-refractivity contribution in [1.82, 2.24) is 15.3 Å². The van der Waals surface area contributed by atoms with E-state index in [9.17, 15) is 9.59 Å². The molecule has 25 heavy (non-hydrogen) atoms. The first-order chi connectivity index (χ1) is 11.5. The van der Waals surface area contributed by atoms with Gasteiger partial charge in [0.05, 0.1) is 17.9 Å². The fraction of sp³-hybridized carbons (Fsp3) is 0.556. The van der Waals surface area contributed by atoms with Crippen LogP contribution in [0, 0.1) is 12.3 Å². The predicted molar refractivity (Wildman–Crippen MR) is 97.6 cm³/mol. The summed E-state index contributed by atoms with van der Waals surface area (Å²) in [5.74, 6) is -0.400. The smallest absolute Gasteiger partial charge is 0.332 e. The molecule has 1 aromatic heterocycles. The standard InChI is InChI=1S/C18H28N4O3/c1-8-25-16(24)14(9-10-18(3,4)5)21-15(23)13-11-19-17(22(6)7)20-12(13)2/h9-11,14H,8H2,1-7H3,(H,21,23). The molecule has 0 saturated heterocycles.